The summed E-state index contributed by atoms with van der Waals surface area (Å²) in [5.41, 5.74) is 0.641. The number of nitrogens with zero attached hydrogens (tertiary/aromatic N) is 2. The Balaban J connectivity index is 2.21. The van der Waals surface area contributed by atoms with Crippen LogP contribution in [-0.2, 0) is 17.6 Å². The fourth-order valence-electron chi connectivity index (χ4n) is 2.13. The number of anilines is 1. The van der Waals surface area contributed by atoms with Gasteiger partial charge in [-0.25, -0.2) is 14.7 Å². The molecule has 0 aromatic carbocycles. The van der Waals surface area contributed by atoms with E-state index in [2.05, 4.69) is 11.6 Å². The third kappa shape index (κ3) is 3.60. The van der Waals surface area contributed by atoms with Crippen LogP contribution in [-0.4, -0.2) is 23.2 Å². The number of rotatable bonds is 3. The van der Waals surface area contributed by atoms with Gasteiger partial charge in [-0.3, -0.25) is 0 Å². The lowest BCUT2D eigenvalue weighted by Gasteiger charge is -2.25. The molecule has 1 heterocycles. The maximum Gasteiger partial charge on any atom is 0.416 e. The predicted octanol–water partition coefficient (Wildman–Crippen LogP) is 3.95. The van der Waals surface area contributed by atoms with Crippen LogP contribution < -0.4 is 4.90 Å². The minimum Gasteiger partial charge on any atom is -0.443 e. The van der Waals surface area contributed by atoms with Crippen molar-refractivity contribution in [2.24, 2.45) is 0 Å². The summed E-state index contributed by atoms with van der Waals surface area (Å²) in [6, 6.07) is 0. The molecule has 1 aliphatic carbocycles. The summed E-state index contributed by atoms with van der Waals surface area (Å²) in [4.78, 5) is 19.8. The van der Waals surface area contributed by atoms with Crippen molar-refractivity contribution in [1.82, 2.24) is 4.98 Å². The van der Waals surface area contributed by atoms with Crippen LogP contribution in [0.25, 0.3) is 0 Å². The first-order valence-electron chi connectivity index (χ1n) is 7.00. The average molecular weight is 294 g/mol. The zero-order chi connectivity index (χ0) is 14.8. The molecule has 110 valence electrons. The van der Waals surface area contributed by atoms with Crippen molar-refractivity contribution in [1.29, 1.82) is 0 Å². The molecule has 1 amide bonds. The van der Waals surface area contributed by atoms with Gasteiger partial charge in [0.1, 0.15) is 5.60 Å². The van der Waals surface area contributed by atoms with Gasteiger partial charge >= 0.3 is 6.09 Å². The largest absolute Gasteiger partial charge is 0.443 e. The number of fused-ring (bicyclic) bond motifs is 1. The second-order valence-corrected chi connectivity index (χ2v) is 7.02. The Bertz CT molecular complexity index is 479. The highest BCUT2D eigenvalue weighted by molar-refractivity contribution is 7.15. The number of hydrogen-bond acceptors (Lipinski definition) is 4. The Morgan fingerprint density at radius 2 is 2.15 bits per heavy atom. The van der Waals surface area contributed by atoms with Crippen molar-refractivity contribution in [3.63, 3.8) is 0 Å². The van der Waals surface area contributed by atoms with Crippen LogP contribution in [0.5, 0.6) is 0 Å². The molecule has 0 atom stereocenters. The van der Waals surface area contributed by atoms with E-state index in [1.807, 2.05) is 20.8 Å². The zero-order valence-electron chi connectivity index (χ0n) is 12.4. The van der Waals surface area contributed by atoms with E-state index in [1.165, 1.54) is 17.7 Å². The minimum atomic E-state index is -0.507. The lowest BCUT2D eigenvalue weighted by Crippen LogP contribution is -2.37. The topological polar surface area (TPSA) is 42.4 Å². The number of ether oxygens (including phenoxy) is 1. The van der Waals surface area contributed by atoms with Crippen LogP contribution in [0.15, 0.2) is 12.7 Å². The number of aromatic nitrogens is 1. The molecule has 4 nitrogen and oxygen atoms in total. The molecule has 0 N–H and O–H groups in total. The molecule has 0 unspecified atom stereocenters. The lowest BCUT2D eigenvalue weighted by atomic mass is 10.0. The van der Waals surface area contributed by atoms with E-state index in [0.717, 1.165) is 23.7 Å². The molecule has 0 spiro atoms. The summed E-state index contributed by atoms with van der Waals surface area (Å²) in [5.74, 6) is 0. The Kier molecular flexibility index (Phi) is 4.48. The summed E-state index contributed by atoms with van der Waals surface area (Å²) in [6.45, 7) is 9.73. The molecule has 1 aromatic heterocycles. The third-order valence-corrected chi connectivity index (χ3v) is 4.17. The number of thiazole rings is 1. The quantitative estimate of drug-likeness (QED) is 0.793. The highest BCUT2D eigenvalue weighted by atomic mass is 32.1. The standard InChI is InChI=1S/C15H22N2O2S/c1-5-10-17(14(18)19-15(2,3)4)13-16-11-8-6-7-9-12(11)20-13/h5H,1,6-10H2,2-4H3. The Morgan fingerprint density at radius 1 is 1.45 bits per heavy atom. The SMILES string of the molecule is C=CCN(C(=O)OC(C)(C)C)c1nc2c(s1)CCCC2. The molecule has 2 rings (SSSR count). The predicted molar refractivity (Wildman–Crippen MR) is 82.5 cm³/mol. The van der Waals surface area contributed by atoms with Gasteiger partial charge in [0.2, 0.25) is 0 Å². The van der Waals surface area contributed by atoms with Crippen molar-refractivity contribution in [3.05, 3.63) is 23.2 Å². The van der Waals surface area contributed by atoms with Crippen molar-refractivity contribution < 1.29 is 9.53 Å². The molecule has 5 heteroatoms. The lowest BCUT2D eigenvalue weighted by molar-refractivity contribution is 0.0584. The summed E-state index contributed by atoms with van der Waals surface area (Å²) >= 11 is 1.60. The van der Waals surface area contributed by atoms with Crippen molar-refractivity contribution in [3.8, 4) is 0 Å². The molecule has 20 heavy (non-hydrogen) atoms. The molecular weight excluding hydrogens is 272 g/mol. The molecule has 0 saturated carbocycles. The van der Waals surface area contributed by atoms with Crippen LogP contribution in [0.3, 0.4) is 0 Å². The van der Waals surface area contributed by atoms with E-state index in [1.54, 1.807) is 22.3 Å². The van der Waals surface area contributed by atoms with Crippen molar-refractivity contribution >= 4 is 22.6 Å². The van der Waals surface area contributed by atoms with Gasteiger partial charge in [-0.1, -0.05) is 6.08 Å². The molecule has 0 aliphatic heterocycles. The fourth-order valence-corrected chi connectivity index (χ4v) is 3.28. The summed E-state index contributed by atoms with van der Waals surface area (Å²) in [6.07, 6.45) is 5.82. The smallest absolute Gasteiger partial charge is 0.416 e. The van der Waals surface area contributed by atoms with E-state index in [4.69, 9.17) is 4.74 Å². The van der Waals surface area contributed by atoms with Gasteiger partial charge in [0, 0.05) is 11.4 Å². The van der Waals surface area contributed by atoms with Crippen LogP contribution in [0.4, 0.5) is 9.93 Å². The van der Waals surface area contributed by atoms with E-state index in [9.17, 15) is 4.79 Å². The number of amides is 1. The van der Waals surface area contributed by atoms with Crippen LogP contribution in [0, 0.1) is 0 Å². The normalized spacial score (nSPS) is 14.6. The summed E-state index contributed by atoms with van der Waals surface area (Å²) in [7, 11) is 0. The van der Waals surface area contributed by atoms with E-state index in [-0.39, 0.29) is 6.09 Å². The number of carbonyl (C=O) groups excluding carboxylic acids is 1. The van der Waals surface area contributed by atoms with Gasteiger partial charge in [0.25, 0.3) is 0 Å². The van der Waals surface area contributed by atoms with Crippen molar-refractivity contribution in [2.75, 3.05) is 11.4 Å². The Labute approximate surface area is 124 Å². The van der Waals surface area contributed by atoms with E-state index >= 15 is 0 Å². The molecule has 1 aromatic rings. The van der Waals surface area contributed by atoms with Gasteiger partial charge in [-0.05, 0) is 46.5 Å². The van der Waals surface area contributed by atoms with Gasteiger partial charge in [0.05, 0.1) is 5.69 Å². The monoisotopic (exact) mass is 294 g/mol. The zero-order valence-corrected chi connectivity index (χ0v) is 13.3. The first kappa shape index (κ1) is 15.0. The first-order chi connectivity index (χ1) is 9.40. The van der Waals surface area contributed by atoms with Crippen LogP contribution >= 0.6 is 11.3 Å². The molecule has 0 radical (unpaired) electrons. The van der Waals surface area contributed by atoms with Gasteiger partial charge in [0.15, 0.2) is 5.13 Å². The maximum atomic E-state index is 12.3. The molecule has 0 fully saturated rings. The van der Waals surface area contributed by atoms with E-state index < -0.39 is 5.60 Å². The van der Waals surface area contributed by atoms with Gasteiger partial charge in [-0.15, -0.1) is 17.9 Å². The highest BCUT2D eigenvalue weighted by Gasteiger charge is 2.26. The average Bonchev–Trinajstić information content (AvgIpc) is 2.76. The van der Waals surface area contributed by atoms with Crippen molar-refractivity contribution in [2.45, 2.75) is 52.1 Å². The summed E-state index contributed by atoms with van der Waals surface area (Å²) in [5, 5.41) is 0.728. The first-order valence-corrected chi connectivity index (χ1v) is 7.82. The molecule has 1 aliphatic rings. The fraction of sp³-hybridized carbons (Fsp3) is 0.600. The van der Waals surface area contributed by atoms with Crippen LogP contribution in [0.1, 0.15) is 44.2 Å². The second-order valence-electron chi connectivity index (χ2n) is 5.95. The number of carbonyl (C=O) groups is 1. The maximum absolute atomic E-state index is 12.3. The van der Waals surface area contributed by atoms with Gasteiger partial charge in [-0.2, -0.15) is 0 Å². The van der Waals surface area contributed by atoms with E-state index in [0.29, 0.717) is 6.54 Å². The minimum absolute atomic E-state index is 0.358. The molecule has 0 saturated heterocycles. The third-order valence-electron chi connectivity index (χ3n) is 2.99. The summed E-state index contributed by atoms with van der Waals surface area (Å²) < 4.78 is 5.44. The molecule has 0 bridgehead atoms. The van der Waals surface area contributed by atoms with Crippen LogP contribution in [0.2, 0.25) is 0 Å². The molecular formula is C15H22N2O2S. The second kappa shape index (κ2) is 5.95. The number of hydrogen-bond donors (Lipinski definition) is 0. The Hall–Kier alpha value is -1.36. The van der Waals surface area contributed by atoms with Gasteiger partial charge < -0.3 is 4.74 Å². The Morgan fingerprint density at radius 3 is 2.75 bits per heavy atom. The number of aryl methyl sites for hydroxylation is 2. The highest BCUT2D eigenvalue weighted by Crippen LogP contribution is 2.32.